The molecular formula is C125H82N2O2. The molecule has 0 amide bonds. The van der Waals surface area contributed by atoms with Crippen LogP contribution in [-0.2, 0) is 16.2 Å². The average Bonchev–Trinajstić information content (AvgIpc) is 1.52. The van der Waals surface area contributed by atoms with Crippen molar-refractivity contribution >= 4 is 34.1 Å². The van der Waals surface area contributed by atoms with Gasteiger partial charge in [0.15, 0.2) is 0 Å². The Kier molecular flexibility index (Phi) is 16.6. The monoisotopic (exact) mass is 1640 g/mol. The highest BCUT2D eigenvalue weighted by atomic mass is 16.5. The van der Waals surface area contributed by atoms with Gasteiger partial charge in [-0.05, 0) is 252 Å². The number of nitrogens with zero attached hydrogens (tertiary/aromatic N) is 2. The molecule has 0 N–H and O–H groups in total. The molecule has 20 aromatic carbocycles. The molecule has 0 radical (unpaired) electrons. The van der Waals surface area contributed by atoms with Gasteiger partial charge in [-0.3, -0.25) is 0 Å². The number of anilines is 6. The van der Waals surface area contributed by atoms with Gasteiger partial charge in [-0.1, -0.05) is 384 Å². The van der Waals surface area contributed by atoms with Crippen LogP contribution in [0.25, 0.3) is 134 Å². The van der Waals surface area contributed by atoms with E-state index in [1.165, 1.54) is 134 Å². The molecule has 27 rings (SSSR count). The lowest BCUT2D eigenvalue weighted by Crippen LogP contribution is -2.29. The summed E-state index contributed by atoms with van der Waals surface area (Å²) in [6.07, 6.45) is 0. The molecule has 0 fully saturated rings. The molecule has 0 unspecified atom stereocenters. The van der Waals surface area contributed by atoms with Gasteiger partial charge in [0, 0.05) is 61.7 Å². The minimum atomic E-state index is -0.551. The highest BCUT2D eigenvalue weighted by Gasteiger charge is 2.52. The first kappa shape index (κ1) is 74.1. The number of para-hydroxylation sites is 5. The van der Waals surface area contributed by atoms with Gasteiger partial charge in [0.25, 0.3) is 0 Å². The SMILES string of the molecule is CC1(C)c2ccccc2-c2ccc(N(c3ccc4c(c3)-c3ccccc3Oc3ccccc3-4)c3ccc4c(c3)-c3ccccc3C43c4ccccc4-c4ccccc4-c4ccccc43)cc21.c1ccc(-c2ccccc2N(c2ccc3c(c2)-c2ccccc2Oc2ccccc2-3)c2ccc3c(c2)-c2ccccc2C32c3ccccc3-c3ccccc3-c3ccccc32)cc1. The van der Waals surface area contributed by atoms with Crippen LogP contribution in [0.4, 0.5) is 34.1 Å². The molecule has 7 aliphatic rings. The van der Waals surface area contributed by atoms with E-state index in [0.29, 0.717) is 0 Å². The molecule has 2 spiro atoms. The highest BCUT2D eigenvalue weighted by Crippen LogP contribution is 2.66. The largest absolute Gasteiger partial charge is 0.456 e. The van der Waals surface area contributed by atoms with E-state index in [4.69, 9.17) is 9.47 Å². The van der Waals surface area contributed by atoms with Crippen molar-refractivity contribution in [3.63, 3.8) is 0 Å². The second kappa shape index (κ2) is 28.8. The summed E-state index contributed by atoms with van der Waals surface area (Å²) >= 11 is 0. The van der Waals surface area contributed by atoms with Gasteiger partial charge in [0.05, 0.1) is 16.5 Å². The highest BCUT2D eigenvalue weighted by molar-refractivity contribution is 6.04. The van der Waals surface area contributed by atoms with Crippen LogP contribution < -0.4 is 19.3 Å². The Balaban J connectivity index is 0.000000136. The number of fused-ring (bicyclic) bond motifs is 37. The van der Waals surface area contributed by atoms with Crippen LogP contribution in [0.2, 0.25) is 0 Å². The molecule has 20 aromatic rings. The number of hydrogen-bond acceptors (Lipinski definition) is 4. The number of ether oxygens (including phenoxy) is 2. The lowest BCUT2D eigenvalue weighted by Gasteiger charge is -2.35. The lowest BCUT2D eigenvalue weighted by molar-refractivity contribution is 0.487. The Morgan fingerprint density at radius 2 is 0.388 bits per heavy atom. The van der Waals surface area contributed by atoms with Crippen molar-refractivity contribution in [2.45, 2.75) is 30.1 Å². The standard InChI is InChI=1S/C64H43NO.C61H39NO/c1-63(2)55-25-11-5-21-48(55)50-35-32-42(39-60(50)63)65(40-31-34-45-51-23-9-15-29-61(51)66-62-30-16-10-24-52(62)53(45)37-40)41-33-36-59-54(38-41)49-22-8-14-28-58(49)64(59)56-26-12-6-19-46(56)43-17-3-4-18-44(43)47-20-7-13-27-57(47)64;1-2-18-40(19-3-1)43-20-9-15-31-58(43)62(41-34-36-46-50-26-10-16-32-59(50)63-60-33-17-11-27-51(60)52(46)38-41)42-35-37-57-53(39-42)49-25-8-14-30-56(49)61(57)54-28-12-6-23-47(54)44-21-4-5-22-45(44)48-24-7-13-29-55(48)61/h3-39H,1-2H3;1-39H. The van der Waals surface area contributed by atoms with Crippen molar-refractivity contribution < 1.29 is 9.47 Å². The number of benzene rings is 20. The molecule has 4 heteroatoms. The predicted octanol–water partition coefficient (Wildman–Crippen LogP) is 33.2. The molecular weight excluding hydrogens is 1560 g/mol. The first-order chi connectivity index (χ1) is 63.8. The Morgan fingerprint density at radius 1 is 0.155 bits per heavy atom. The summed E-state index contributed by atoms with van der Waals surface area (Å²) in [5.41, 5.74) is 47.4. The molecule has 2 heterocycles. The first-order valence-corrected chi connectivity index (χ1v) is 44.8. The molecule has 0 aromatic heterocycles. The van der Waals surface area contributed by atoms with Crippen LogP contribution >= 0.6 is 0 Å². The summed E-state index contributed by atoms with van der Waals surface area (Å²) in [7, 11) is 0. The second-order valence-corrected chi connectivity index (χ2v) is 35.4. The van der Waals surface area contributed by atoms with Gasteiger partial charge >= 0.3 is 0 Å². The topological polar surface area (TPSA) is 24.9 Å². The fraction of sp³-hybridized carbons (Fsp3) is 0.0400. The maximum Gasteiger partial charge on any atom is 0.135 e. The van der Waals surface area contributed by atoms with Gasteiger partial charge in [-0.2, -0.15) is 0 Å². The van der Waals surface area contributed by atoms with E-state index < -0.39 is 10.8 Å². The molecule has 2 aliphatic heterocycles. The second-order valence-electron chi connectivity index (χ2n) is 35.4. The van der Waals surface area contributed by atoms with Crippen LogP contribution in [0.5, 0.6) is 23.0 Å². The third-order valence-corrected chi connectivity index (χ3v) is 28.6. The van der Waals surface area contributed by atoms with Gasteiger partial charge in [-0.25, -0.2) is 0 Å². The van der Waals surface area contributed by atoms with E-state index in [1.54, 1.807) is 0 Å². The zero-order valence-electron chi connectivity index (χ0n) is 71.1. The van der Waals surface area contributed by atoms with E-state index in [0.717, 1.165) is 113 Å². The Bertz CT molecular complexity index is 7950. The van der Waals surface area contributed by atoms with E-state index in [-0.39, 0.29) is 5.41 Å². The van der Waals surface area contributed by atoms with Crippen molar-refractivity contribution in [2.75, 3.05) is 9.80 Å². The maximum atomic E-state index is 6.66. The van der Waals surface area contributed by atoms with E-state index in [9.17, 15) is 0 Å². The van der Waals surface area contributed by atoms with Crippen LogP contribution in [0, 0.1) is 0 Å². The molecule has 604 valence electrons. The third kappa shape index (κ3) is 10.9. The van der Waals surface area contributed by atoms with Gasteiger partial charge in [0.1, 0.15) is 23.0 Å². The minimum absolute atomic E-state index is 0.164. The van der Waals surface area contributed by atoms with Gasteiger partial charge in [0.2, 0.25) is 0 Å². The summed E-state index contributed by atoms with van der Waals surface area (Å²) in [4.78, 5) is 4.94. The van der Waals surface area contributed by atoms with E-state index in [1.807, 2.05) is 6.07 Å². The fourth-order valence-electron chi connectivity index (χ4n) is 23.2. The van der Waals surface area contributed by atoms with Gasteiger partial charge in [-0.15, -0.1) is 0 Å². The van der Waals surface area contributed by atoms with Crippen LogP contribution in [-0.4, -0.2) is 0 Å². The fourth-order valence-corrected chi connectivity index (χ4v) is 23.2. The zero-order valence-corrected chi connectivity index (χ0v) is 71.1. The zero-order chi connectivity index (χ0) is 85.2. The van der Waals surface area contributed by atoms with E-state index in [2.05, 4.69) is 479 Å². The minimum Gasteiger partial charge on any atom is -0.456 e. The molecule has 129 heavy (non-hydrogen) atoms. The molecule has 0 saturated carbocycles. The summed E-state index contributed by atoms with van der Waals surface area (Å²) in [6, 6.07) is 170. The maximum absolute atomic E-state index is 6.66. The Hall–Kier alpha value is -16.4. The number of hydrogen-bond donors (Lipinski definition) is 0. The Morgan fingerprint density at radius 3 is 0.767 bits per heavy atom. The molecule has 0 saturated heterocycles. The molecule has 5 aliphatic carbocycles. The Labute approximate surface area is 751 Å². The summed E-state index contributed by atoms with van der Waals surface area (Å²) in [6.45, 7) is 4.74. The third-order valence-electron chi connectivity index (χ3n) is 28.6. The number of rotatable bonds is 7. The van der Waals surface area contributed by atoms with Crippen molar-refractivity contribution in [2.24, 2.45) is 0 Å². The summed E-state index contributed by atoms with van der Waals surface area (Å²) in [5, 5.41) is 0. The smallest absolute Gasteiger partial charge is 0.135 e. The summed E-state index contributed by atoms with van der Waals surface area (Å²) < 4.78 is 13.3. The normalized spacial score (nSPS) is 13.7. The molecule has 0 bridgehead atoms. The summed E-state index contributed by atoms with van der Waals surface area (Å²) in [5.74, 6) is 3.43. The van der Waals surface area contributed by atoms with Gasteiger partial charge < -0.3 is 19.3 Å². The molecule has 0 atom stereocenters. The van der Waals surface area contributed by atoms with Crippen LogP contribution in [0.1, 0.15) is 69.5 Å². The average molecular weight is 1640 g/mol. The van der Waals surface area contributed by atoms with Crippen molar-refractivity contribution in [1.29, 1.82) is 0 Å². The van der Waals surface area contributed by atoms with E-state index >= 15 is 0 Å². The molecule has 4 nitrogen and oxygen atoms in total. The quantitative estimate of drug-likeness (QED) is 0.159. The predicted molar refractivity (Wildman–Crippen MR) is 531 cm³/mol. The first-order valence-electron chi connectivity index (χ1n) is 44.8. The van der Waals surface area contributed by atoms with Crippen molar-refractivity contribution in [1.82, 2.24) is 0 Å². The van der Waals surface area contributed by atoms with Crippen LogP contribution in [0.15, 0.2) is 461 Å². The van der Waals surface area contributed by atoms with Crippen LogP contribution in [0.3, 0.4) is 0 Å². The van der Waals surface area contributed by atoms with Crippen molar-refractivity contribution in [3.05, 3.63) is 517 Å². The van der Waals surface area contributed by atoms with Crippen molar-refractivity contribution in [3.8, 4) is 157 Å². The lowest BCUT2D eigenvalue weighted by atomic mass is 9.66.